The van der Waals surface area contributed by atoms with E-state index in [-0.39, 0.29) is 38.8 Å². The number of hydrogen-bond donors (Lipinski definition) is 3. The third-order valence-corrected chi connectivity index (χ3v) is 11.5. The maximum absolute atomic E-state index is 14.4. The third kappa shape index (κ3) is 7.07. The molecule has 0 unspecified atom stereocenters. The van der Waals surface area contributed by atoms with Crippen LogP contribution in [0.25, 0.3) is 0 Å². The van der Waals surface area contributed by atoms with Crippen LogP contribution >= 0.6 is 0 Å². The lowest BCUT2D eigenvalue weighted by molar-refractivity contribution is -0.143. The van der Waals surface area contributed by atoms with Crippen LogP contribution < -0.4 is 15.4 Å². The summed E-state index contributed by atoms with van der Waals surface area (Å²) in [5.74, 6) is -3.31. The molecule has 3 N–H and O–H groups in total. The minimum atomic E-state index is -3.93. The van der Waals surface area contributed by atoms with Crippen molar-refractivity contribution in [2.45, 2.75) is 113 Å². The van der Waals surface area contributed by atoms with E-state index >= 15 is 0 Å². The van der Waals surface area contributed by atoms with Gasteiger partial charge in [0, 0.05) is 24.4 Å². The van der Waals surface area contributed by atoms with Crippen molar-refractivity contribution < 1.29 is 46.3 Å². The van der Waals surface area contributed by atoms with Crippen molar-refractivity contribution in [3.05, 3.63) is 60.0 Å². The lowest BCUT2D eigenvalue weighted by atomic mass is 10.0. The van der Waals surface area contributed by atoms with E-state index in [9.17, 15) is 36.8 Å². The highest BCUT2D eigenvalue weighted by molar-refractivity contribution is 7.91. The summed E-state index contributed by atoms with van der Waals surface area (Å²) in [6, 6.07) is 1.32. The van der Waals surface area contributed by atoms with Crippen molar-refractivity contribution in [3.63, 3.8) is 0 Å². The molecule has 0 bridgehead atoms. The highest BCUT2D eigenvalue weighted by Gasteiger charge is 2.62. The molecule has 0 radical (unpaired) electrons. The van der Waals surface area contributed by atoms with Crippen molar-refractivity contribution in [3.8, 4) is 0 Å². The highest BCUT2D eigenvalue weighted by atomic mass is 32.2. The zero-order chi connectivity index (χ0) is 36.2. The van der Waals surface area contributed by atoms with Crippen molar-refractivity contribution in [2.75, 3.05) is 0 Å². The number of fused-ring (bicyclic) bond motifs is 2. The van der Waals surface area contributed by atoms with Gasteiger partial charge in [-0.1, -0.05) is 30.4 Å². The Hall–Kier alpha value is -4.47. The molecule has 2 saturated carbocycles. The van der Waals surface area contributed by atoms with Gasteiger partial charge in [0.15, 0.2) is 0 Å². The van der Waals surface area contributed by atoms with E-state index in [0.717, 1.165) is 0 Å². The van der Waals surface area contributed by atoms with E-state index in [1.807, 2.05) is 0 Å². The van der Waals surface area contributed by atoms with E-state index in [1.165, 1.54) is 21.9 Å². The number of nitrogens with one attached hydrogen (secondary N) is 3. The predicted molar refractivity (Wildman–Crippen MR) is 176 cm³/mol. The number of benzene rings is 1. The largest absolute Gasteiger partial charge is 0.444 e. The van der Waals surface area contributed by atoms with Crippen LogP contribution in [0, 0.1) is 11.7 Å². The summed E-state index contributed by atoms with van der Waals surface area (Å²) < 4.78 is 53.1. The van der Waals surface area contributed by atoms with Crippen molar-refractivity contribution in [2.24, 2.45) is 5.92 Å². The van der Waals surface area contributed by atoms with Gasteiger partial charge in [-0.2, -0.15) is 0 Å². The van der Waals surface area contributed by atoms with Crippen LogP contribution in [-0.4, -0.2) is 88.7 Å². The first kappa shape index (κ1) is 35.4. The normalized spacial score (nSPS) is 28.8. The van der Waals surface area contributed by atoms with Crippen LogP contribution in [0.5, 0.6) is 0 Å². The number of carbonyl (C=O) groups is 5. The van der Waals surface area contributed by atoms with Crippen molar-refractivity contribution in [1.29, 1.82) is 0 Å². The molecule has 14 nitrogen and oxygen atoms in total. The van der Waals surface area contributed by atoms with Gasteiger partial charge in [-0.25, -0.2) is 22.4 Å². The van der Waals surface area contributed by atoms with E-state index in [1.54, 1.807) is 45.1 Å². The number of amides is 5. The van der Waals surface area contributed by atoms with Crippen LogP contribution in [-0.2, 0) is 47.0 Å². The summed E-state index contributed by atoms with van der Waals surface area (Å²) in [5, 5.41) is 4.63. The SMILES string of the molecule is C=C[C@@H]1C[C@]1(NC(=O)[C@@H]1C[C@@H](OC(=O)N2Cc3cccc(F)c3C2)[C@@H]2CC=CC[C@H](NC(=O)OC(C)(C)C)C(=O)N12)C(=O)NS(=O)(=O)C1CC1. The van der Waals surface area contributed by atoms with Crippen LogP contribution in [0.2, 0.25) is 0 Å². The molecule has 50 heavy (non-hydrogen) atoms. The second-order valence-corrected chi connectivity index (χ2v) is 16.5. The molecule has 3 fully saturated rings. The molecular formula is C34H42FN5O9S. The summed E-state index contributed by atoms with van der Waals surface area (Å²) in [7, 11) is -3.93. The van der Waals surface area contributed by atoms with Gasteiger partial charge in [0.25, 0.3) is 5.91 Å². The Balaban J connectivity index is 1.26. The Kier molecular flexibility index (Phi) is 9.20. The van der Waals surface area contributed by atoms with E-state index < -0.39 is 92.3 Å². The number of halogens is 1. The molecule has 3 heterocycles. The first-order valence-corrected chi connectivity index (χ1v) is 18.3. The van der Waals surface area contributed by atoms with Crippen molar-refractivity contribution >= 4 is 39.9 Å². The first-order chi connectivity index (χ1) is 23.5. The second kappa shape index (κ2) is 13.0. The number of carbonyl (C=O) groups excluding carboxylic acids is 5. The van der Waals surface area contributed by atoms with E-state index in [2.05, 4.69) is 21.9 Å². The summed E-state index contributed by atoms with van der Waals surface area (Å²) in [6.45, 7) is 8.84. The smallest absolute Gasteiger partial charge is 0.410 e. The molecule has 6 rings (SSSR count). The molecule has 2 aliphatic carbocycles. The molecule has 16 heteroatoms. The number of nitrogens with zero attached hydrogens (tertiary/aromatic N) is 2. The number of sulfonamides is 1. The molecule has 0 spiro atoms. The Morgan fingerprint density at radius 2 is 1.82 bits per heavy atom. The zero-order valence-electron chi connectivity index (χ0n) is 28.1. The quantitative estimate of drug-likeness (QED) is 0.341. The minimum Gasteiger partial charge on any atom is -0.444 e. The van der Waals surface area contributed by atoms with E-state index in [4.69, 9.17) is 9.47 Å². The number of hydrogen-bond acceptors (Lipinski definition) is 9. The molecule has 1 aromatic rings. The van der Waals surface area contributed by atoms with Gasteiger partial charge in [0.2, 0.25) is 21.8 Å². The molecule has 5 amide bonds. The summed E-state index contributed by atoms with van der Waals surface area (Å²) >= 11 is 0. The monoisotopic (exact) mass is 715 g/mol. The maximum Gasteiger partial charge on any atom is 0.410 e. The van der Waals surface area contributed by atoms with Crippen LogP contribution in [0.4, 0.5) is 14.0 Å². The fraction of sp³-hybridized carbons (Fsp3) is 0.559. The van der Waals surface area contributed by atoms with Crippen molar-refractivity contribution in [1.82, 2.24) is 25.2 Å². The van der Waals surface area contributed by atoms with Gasteiger partial charge in [0.05, 0.1) is 17.8 Å². The lowest BCUT2D eigenvalue weighted by Gasteiger charge is -2.35. The third-order valence-electron chi connectivity index (χ3n) is 9.73. The Morgan fingerprint density at radius 1 is 1.10 bits per heavy atom. The topological polar surface area (TPSA) is 181 Å². The van der Waals surface area contributed by atoms with Gasteiger partial charge in [-0.05, 0) is 64.5 Å². The number of alkyl carbamates (subject to hydrolysis) is 1. The average molecular weight is 716 g/mol. The van der Waals surface area contributed by atoms with Crippen LogP contribution in [0.15, 0.2) is 43.0 Å². The molecule has 5 aliphatic rings. The molecule has 6 atom stereocenters. The van der Waals surface area contributed by atoms with Crippen LogP contribution in [0.3, 0.4) is 0 Å². The summed E-state index contributed by atoms with van der Waals surface area (Å²) in [6.07, 6.45) is 3.39. The van der Waals surface area contributed by atoms with E-state index in [0.29, 0.717) is 24.0 Å². The number of rotatable bonds is 8. The molecular weight excluding hydrogens is 673 g/mol. The first-order valence-electron chi connectivity index (χ1n) is 16.7. The molecule has 1 saturated heterocycles. The lowest BCUT2D eigenvalue weighted by Crippen LogP contribution is -2.60. The molecule has 1 aromatic carbocycles. The number of ether oxygens (including phenoxy) is 2. The zero-order valence-corrected chi connectivity index (χ0v) is 29.0. The Labute approximate surface area is 289 Å². The maximum atomic E-state index is 14.4. The Morgan fingerprint density at radius 3 is 2.46 bits per heavy atom. The van der Waals surface area contributed by atoms with Gasteiger partial charge >= 0.3 is 12.2 Å². The second-order valence-electron chi connectivity index (χ2n) is 14.5. The average Bonchev–Trinajstić information content (AvgIpc) is 3.93. The summed E-state index contributed by atoms with van der Waals surface area (Å²) in [4.78, 5) is 70.7. The fourth-order valence-corrected chi connectivity index (χ4v) is 8.26. The minimum absolute atomic E-state index is 0.0170. The molecule has 270 valence electrons. The van der Waals surface area contributed by atoms with Crippen LogP contribution in [0.1, 0.15) is 70.4 Å². The Bertz CT molecular complexity index is 1760. The highest BCUT2D eigenvalue weighted by Crippen LogP contribution is 2.46. The summed E-state index contributed by atoms with van der Waals surface area (Å²) in [5.41, 5.74) is -1.45. The molecule has 3 aliphatic heterocycles. The van der Waals surface area contributed by atoms with Gasteiger partial charge < -0.3 is 25.0 Å². The van der Waals surface area contributed by atoms with Gasteiger partial charge in [0.1, 0.15) is 35.1 Å². The van der Waals surface area contributed by atoms with Gasteiger partial charge in [-0.3, -0.25) is 24.0 Å². The predicted octanol–water partition coefficient (Wildman–Crippen LogP) is 2.53. The fourth-order valence-electron chi connectivity index (χ4n) is 6.90. The molecule has 0 aromatic heterocycles. The standard InChI is InChI=1S/C34H42FN5O9S/c1-5-20-16-34(20,30(43)38-50(46,47)21-13-14-21)37-28(41)26-15-27(48-32(45)39-17-19-9-8-10-23(35)22(19)18-39)25-12-7-6-11-24(29(42)40(25)26)36-31(44)49-33(2,3)4/h5-10,20-21,24-27H,1,11-18H2,2-4H3,(H,36,44)(H,37,41)(H,38,43)/t20-,24+,25+,26+,27-,34-/m1/s1. The van der Waals surface area contributed by atoms with Gasteiger partial charge in [-0.15, -0.1) is 6.58 Å².